The molecular weight excluding hydrogens is 220 g/mol. The Balaban J connectivity index is 1.82. The summed E-state index contributed by atoms with van der Waals surface area (Å²) < 4.78 is 0. The van der Waals surface area contributed by atoms with Crippen molar-refractivity contribution in [2.24, 2.45) is 16.3 Å². The Morgan fingerprint density at radius 2 is 1.67 bits per heavy atom. The van der Waals surface area contributed by atoms with Gasteiger partial charge in [0.05, 0.1) is 0 Å². The fraction of sp³-hybridized carbons (Fsp3) is 0.938. The van der Waals surface area contributed by atoms with Crippen LogP contribution in [0.1, 0.15) is 70.6 Å². The van der Waals surface area contributed by atoms with Gasteiger partial charge in [-0.3, -0.25) is 4.99 Å². The molecule has 0 aromatic heterocycles. The third kappa shape index (κ3) is 2.31. The van der Waals surface area contributed by atoms with Crippen LogP contribution in [-0.4, -0.2) is 18.9 Å². The van der Waals surface area contributed by atoms with Gasteiger partial charge in [0, 0.05) is 18.5 Å². The molecule has 3 rings (SSSR count). The van der Waals surface area contributed by atoms with Crippen molar-refractivity contribution in [2.45, 2.75) is 70.6 Å². The SMILES string of the molecule is C1CCC(C2(C3=NCCCCN3)CCCC2)CC1. The number of hydrogen-bond donors (Lipinski definition) is 1. The van der Waals surface area contributed by atoms with Crippen molar-refractivity contribution in [1.29, 1.82) is 0 Å². The lowest BCUT2D eigenvalue weighted by molar-refractivity contribution is 0.192. The molecule has 3 aliphatic rings. The number of nitrogens with zero attached hydrogens (tertiary/aromatic N) is 1. The van der Waals surface area contributed by atoms with E-state index in [9.17, 15) is 0 Å². The van der Waals surface area contributed by atoms with Gasteiger partial charge in [-0.05, 0) is 44.4 Å². The number of aliphatic imine (C=N–C) groups is 1. The molecule has 0 aromatic carbocycles. The van der Waals surface area contributed by atoms with Crippen LogP contribution in [0.15, 0.2) is 4.99 Å². The standard InChI is InChI=1S/C16H28N2/c1-2-8-14(9-3-1)16(10-4-5-11-16)15-17-12-6-7-13-18-15/h14H,1-13H2,(H,17,18). The Kier molecular flexibility index (Phi) is 3.91. The van der Waals surface area contributed by atoms with E-state index in [4.69, 9.17) is 4.99 Å². The summed E-state index contributed by atoms with van der Waals surface area (Å²) in [5.41, 5.74) is 0.463. The Bertz CT molecular complexity index is 296. The molecule has 102 valence electrons. The number of amidine groups is 1. The van der Waals surface area contributed by atoms with E-state index in [-0.39, 0.29) is 0 Å². The third-order valence-corrected chi connectivity index (χ3v) is 5.50. The van der Waals surface area contributed by atoms with Gasteiger partial charge in [0.2, 0.25) is 0 Å². The minimum absolute atomic E-state index is 0.463. The number of rotatable bonds is 2. The molecule has 2 saturated carbocycles. The van der Waals surface area contributed by atoms with Gasteiger partial charge < -0.3 is 5.32 Å². The first kappa shape index (κ1) is 12.5. The second-order valence-electron chi connectivity index (χ2n) is 6.56. The molecule has 0 atom stereocenters. The largest absolute Gasteiger partial charge is 0.373 e. The van der Waals surface area contributed by atoms with Crippen LogP contribution in [-0.2, 0) is 0 Å². The van der Waals surface area contributed by atoms with Crippen LogP contribution in [0.4, 0.5) is 0 Å². The zero-order chi connectivity index (χ0) is 12.3. The molecular formula is C16H28N2. The van der Waals surface area contributed by atoms with Gasteiger partial charge in [-0.2, -0.15) is 0 Å². The molecule has 0 amide bonds. The molecule has 2 heteroatoms. The zero-order valence-electron chi connectivity index (χ0n) is 11.7. The summed E-state index contributed by atoms with van der Waals surface area (Å²) in [5.74, 6) is 2.35. The topological polar surface area (TPSA) is 24.4 Å². The minimum atomic E-state index is 0.463. The summed E-state index contributed by atoms with van der Waals surface area (Å²) in [6.45, 7) is 2.23. The van der Waals surface area contributed by atoms with E-state index in [0.29, 0.717) is 5.41 Å². The maximum atomic E-state index is 4.96. The Morgan fingerprint density at radius 3 is 2.44 bits per heavy atom. The summed E-state index contributed by atoms with van der Waals surface area (Å²) in [6, 6.07) is 0. The van der Waals surface area contributed by atoms with Crippen molar-refractivity contribution in [3.8, 4) is 0 Å². The molecule has 1 heterocycles. The second-order valence-corrected chi connectivity index (χ2v) is 6.56. The van der Waals surface area contributed by atoms with Crippen molar-refractivity contribution >= 4 is 5.84 Å². The normalized spacial score (nSPS) is 29.4. The highest BCUT2D eigenvalue weighted by molar-refractivity contribution is 5.89. The molecule has 0 spiro atoms. The number of nitrogens with one attached hydrogen (secondary N) is 1. The fourth-order valence-corrected chi connectivity index (χ4v) is 4.52. The summed E-state index contributed by atoms with van der Waals surface area (Å²) in [6.07, 6.45) is 15.5. The van der Waals surface area contributed by atoms with Gasteiger partial charge in [0.15, 0.2) is 0 Å². The second kappa shape index (κ2) is 5.63. The average Bonchev–Trinajstić information content (AvgIpc) is 2.77. The lowest BCUT2D eigenvalue weighted by Crippen LogP contribution is -2.45. The van der Waals surface area contributed by atoms with Crippen LogP contribution in [0, 0.1) is 11.3 Å². The highest BCUT2D eigenvalue weighted by atomic mass is 15.0. The predicted octanol–water partition coefficient (Wildman–Crippen LogP) is 3.91. The first-order chi connectivity index (χ1) is 8.92. The van der Waals surface area contributed by atoms with E-state index in [1.807, 2.05) is 0 Å². The van der Waals surface area contributed by atoms with Gasteiger partial charge in [-0.1, -0.05) is 32.1 Å². The summed E-state index contributed by atoms with van der Waals surface area (Å²) in [5, 5.41) is 3.71. The van der Waals surface area contributed by atoms with E-state index in [1.165, 1.54) is 76.5 Å². The Morgan fingerprint density at radius 1 is 0.889 bits per heavy atom. The molecule has 2 nitrogen and oxygen atoms in total. The van der Waals surface area contributed by atoms with Crippen molar-refractivity contribution in [3.05, 3.63) is 0 Å². The van der Waals surface area contributed by atoms with Crippen molar-refractivity contribution in [1.82, 2.24) is 5.32 Å². The van der Waals surface area contributed by atoms with E-state index >= 15 is 0 Å². The molecule has 0 unspecified atom stereocenters. The lowest BCUT2D eigenvalue weighted by Gasteiger charge is -2.41. The first-order valence-electron chi connectivity index (χ1n) is 8.21. The van der Waals surface area contributed by atoms with E-state index in [2.05, 4.69) is 5.32 Å². The van der Waals surface area contributed by atoms with Crippen molar-refractivity contribution in [3.63, 3.8) is 0 Å². The fourth-order valence-electron chi connectivity index (χ4n) is 4.52. The van der Waals surface area contributed by atoms with Crippen LogP contribution in [0.25, 0.3) is 0 Å². The van der Waals surface area contributed by atoms with Crippen molar-refractivity contribution < 1.29 is 0 Å². The van der Waals surface area contributed by atoms with Crippen LogP contribution in [0.3, 0.4) is 0 Å². The smallest absolute Gasteiger partial charge is 0.103 e. The van der Waals surface area contributed by atoms with Gasteiger partial charge in [-0.25, -0.2) is 0 Å². The quantitative estimate of drug-likeness (QED) is 0.787. The van der Waals surface area contributed by atoms with Crippen LogP contribution >= 0.6 is 0 Å². The van der Waals surface area contributed by atoms with Crippen LogP contribution in [0.5, 0.6) is 0 Å². The maximum Gasteiger partial charge on any atom is 0.103 e. The van der Waals surface area contributed by atoms with Crippen molar-refractivity contribution in [2.75, 3.05) is 13.1 Å². The molecule has 0 radical (unpaired) electrons. The predicted molar refractivity (Wildman–Crippen MR) is 77.0 cm³/mol. The number of hydrogen-bond acceptors (Lipinski definition) is 2. The molecule has 2 aliphatic carbocycles. The summed E-state index contributed by atoms with van der Waals surface area (Å²) in [7, 11) is 0. The third-order valence-electron chi connectivity index (χ3n) is 5.50. The van der Waals surface area contributed by atoms with E-state index < -0.39 is 0 Å². The zero-order valence-corrected chi connectivity index (χ0v) is 11.7. The minimum Gasteiger partial charge on any atom is -0.373 e. The Hall–Kier alpha value is -0.530. The average molecular weight is 248 g/mol. The van der Waals surface area contributed by atoms with Gasteiger partial charge in [-0.15, -0.1) is 0 Å². The molecule has 0 saturated heterocycles. The molecule has 2 fully saturated rings. The van der Waals surface area contributed by atoms with Gasteiger partial charge in [0.1, 0.15) is 5.84 Å². The maximum absolute atomic E-state index is 4.96. The van der Waals surface area contributed by atoms with Crippen LogP contribution < -0.4 is 5.32 Å². The van der Waals surface area contributed by atoms with Gasteiger partial charge in [0.25, 0.3) is 0 Å². The lowest BCUT2D eigenvalue weighted by atomic mass is 9.66. The highest BCUT2D eigenvalue weighted by Gasteiger charge is 2.45. The Labute approximate surface area is 112 Å². The van der Waals surface area contributed by atoms with Gasteiger partial charge >= 0.3 is 0 Å². The monoisotopic (exact) mass is 248 g/mol. The molecule has 18 heavy (non-hydrogen) atoms. The molecule has 1 aliphatic heterocycles. The summed E-state index contributed by atoms with van der Waals surface area (Å²) in [4.78, 5) is 4.96. The molecule has 1 N–H and O–H groups in total. The summed E-state index contributed by atoms with van der Waals surface area (Å²) >= 11 is 0. The van der Waals surface area contributed by atoms with Crippen LogP contribution in [0.2, 0.25) is 0 Å². The first-order valence-corrected chi connectivity index (χ1v) is 8.21. The molecule has 0 bridgehead atoms. The molecule has 0 aromatic rings. The highest BCUT2D eigenvalue weighted by Crippen LogP contribution is 2.50. The van der Waals surface area contributed by atoms with E-state index in [1.54, 1.807) is 0 Å². The van der Waals surface area contributed by atoms with E-state index in [0.717, 1.165) is 19.0 Å².